The molecule has 3 nitrogen and oxygen atoms in total. The third kappa shape index (κ3) is 6.76. The Hall–Kier alpha value is -1.64. The number of ketones is 2. The Morgan fingerprint density at radius 1 is 1.25 bits per heavy atom. The van der Waals surface area contributed by atoms with Crippen LogP contribution < -0.4 is 5.32 Å². The van der Waals surface area contributed by atoms with Crippen LogP contribution in [0.3, 0.4) is 0 Å². The van der Waals surface area contributed by atoms with Gasteiger partial charge in [-0.15, -0.1) is 0 Å². The highest BCUT2D eigenvalue weighted by atomic mass is 16.1. The predicted molar refractivity (Wildman–Crippen MR) is 65.8 cm³/mol. The molecule has 0 unspecified atom stereocenters. The fourth-order valence-corrected chi connectivity index (χ4v) is 1.16. The molecule has 0 aliphatic carbocycles. The van der Waals surface area contributed by atoms with Crippen LogP contribution in [0.2, 0.25) is 0 Å². The van der Waals surface area contributed by atoms with Gasteiger partial charge < -0.3 is 5.32 Å². The monoisotopic (exact) mass is 221 g/mol. The van der Waals surface area contributed by atoms with Crippen molar-refractivity contribution in [1.82, 2.24) is 5.32 Å². The van der Waals surface area contributed by atoms with Gasteiger partial charge in [-0.05, 0) is 45.3 Å². The molecule has 0 aromatic heterocycles. The van der Waals surface area contributed by atoms with Crippen molar-refractivity contribution in [2.24, 2.45) is 0 Å². The fraction of sp³-hybridized carbons (Fsp3) is 0.385. The number of Topliss-reactive ketones (excluding diaryl/α,β-unsaturated/α-hetero) is 1. The molecule has 0 aliphatic heterocycles. The van der Waals surface area contributed by atoms with Crippen molar-refractivity contribution in [2.75, 3.05) is 0 Å². The first-order valence-corrected chi connectivity index (χ1v) is 5.25. The first kappa shape index (κ1) is 14.4. The van der Waals surface area contributed by atoms with Crippen LogP contribution in [0, 0.1) is 0 Å². The number of hydrogen-bond donors (Lipinski definition) is 1. The van der Waals surface area contributed by atoms with Gasteiger partial charge in [-0.2, -0.15) is 0 Å². The molecule has 0 amide bonds. The van der Waals surface area contributed by atoms with E-state index in [9.17, 15) is 9.59 Å². The zero-order chi connectivity index (χ0) is 12.6. The Morgan fingerprint density at radius 3 is 2.31 bits per heavy atom. The zero-order valence-corrected chi connectivity index (χ0v) is 10.2. The van der Waals surface area contributed by atoms with E-state index in [0.717, 1.165) is 11.3 Å². The van der Waals surface area contributed by atoms with Gasteiger partial charge in [-0.1, -0.05) is 12.7 Å². The second-order valence-electron chi connectivity index (χ2n) is 3.56. The minimum atomic E-state index is -0.0156. The molecule has 3 heteroatoms. The maximum atomic E-state index is 11.1. The molecule has 0 heterocycles. The lowest BCUT2D eigenvalue weighted by Gasteiger charge is -2.06. The van der Waals surface area contributed by atoms with Gasteiger partial charge >= 0.3 is 0 Å². The summed E-state index contributed by atoms with van der Waals surface area (Å²) >= 11 is 0. The van der Waals surface area contributed by atoms with Crippen molar-refractivity contribution in [1.29, 1.82) is 0 Å². The van der Waals surface area contributed by atoms with Gasteiger partial charge in [0.2, 0.25) is 0 Å². The van der Waals surface area contributed by atoms with Crippen LogP contribution in [-0.4, -0.2) is 11.6 Å². The van der Waals surface area contributed by atoms with Crippen LogP contribution >= 0.6 is 0 Å². The number of hydrogen-bond acceptors (Lipinski definition) is 3. The minimum Gasteiger partial charge on any atom is -0.365 e. The number of rotatable bonds is 7. The minimum absolute atomic E-state index is 0.0156. The highest BCUT2D eigenvalue weighted by Crippen LogP contribution is 2.09. The number of carbonyl (C=O) groups is 2. The van der Waals surface area contributed by atoms with E-state index in [-0.39, 0.29) is 11.6 Å². The van der Waals surface area contributed by atoms with E-state index in [0.29, 0.717) is 12.8 Å². The van der Waals surface area contributed by atoms with Crippen LogP contribution in [0.5, 0.6) is 0 Å². The third-order valence-electron chi connectivity index (χ3n) is 2.10. The molecule has 0 aromatic carbocycles. The van der Waals surface area contributed by atoms with Crippen LogP contribution in [0.25, 0.3) is 0 Å². The Morgan fingerprint density at radius 2 is 1.88 bits per heavy atom. The van der Waals surface area contributed by atoms with Crippen LogP contribution in [-0.2, 0) is 9.59 Å². The SMILES string of the molecule is C=C(CC/C(=C\C)C(C)=O)N/C=C/C(C)=O. The summed E-state index contributed by atoms with van der Waals surface area (Å²) in [7, 11) is 0. The summed E-state index contributed by atoms with van der Waals surface area (Å²) in [5.41, 5.74) is 1.59. The fourth-order valence-electron chi connectivity index (χ4n) is 1.16. The molecular weight excluding hydrogens is 202 g/mol. The largest absolute Gasteiger partial charge is 0.365 e. The molecule has 0 saturated carbocycles. The molecule has 0 radical (unpaired) electrons. The third-order valence-corrected chi connectivity index (χ3v) is 2.10. The summed E-state index contributed by atoms with van der Waals surface area (Å²) in [5, 5.41) is 2.90. The Kier molecular flexibility index (Phi) is 6.84. The van der Waals surface area contributed by atoms with Crippen molar-refractivity contribution < 1.29 is 9.59 Å². The van der Waals surface area contributed by atoms with Gasteiger partial charge in [-0.3, -0.25) is 9.59 Å². The molecule has 1 N–H and O–H groups in total. The lowest BCUT2D eigenvalue weighted by atomic mass is 10.1. The average molecular weight is 221 g/mol. The van der Waals surface area contributed by atoms with Gasteiger partial charge in [0.1, 0.15) is 0 Å². The smallest absolute Gasteiger partial charge is 0.155 e. The van der Waals surface area contributed by atoms with E-state index in [4.69, 9.17) is 0 Å². The summed E-state index contributed by atoms with van der Waals surface area (Å²) in [6.45, 7) is 8.69. The quantitative estimate of drug-likeness (QED) is 0.672. The van der Waals surface area contributed by atoms with E-state index < -0.39 is 0 Å². The lowest BCUT2D eigenvalue weighted by Crippen LogP contribution is -2.06. The molecule has 0 rings (SSSR count). The van der Waals surface area contributed by atoms with E-state index in [1.54, 1.807) is 13.1 Å². The van der Waals surface area contributed by atoms with Gasteiger partial charge in [-0.25, -0.2) is 0 Å². The summed E-state index contributed by atoms with van der Waals surface area (Å²) in [6.07, 6.45) is 6.18. The van der Waals surface area contributed by atoms with Gasteiger partial charge in [0.25, 0.3) is 0 Å². The number of allylic oxidation sites excluding steroid dienone is 4. The molecular formula is C13H19NO2. The highest BCUT2D eigenvalue weighted by molar-refractivity contribution is 5.93. The summed E-state index contributed by atoms with van der Waals surface area (Å²) in [5.74, 6) is 0.0766. The van der Waals surface area contributed by atoms with E-state index in [2.05, 4.69) is 11.9 Å². The van der Waals surface area contributed by atoms with E-state index in [1.807, 2.05) is 13.0 Å². The zero-order valence-electron chi connectivity index (χ0n) is 10.2. The second kappa shape index (κ2) is 7.63. The summed E-state index contributed by atoms with van der Waals surface area (Å²) in [4.78, 5) is 21.7. The molecule has 0 aromatic rings. The maximum Gasteiger partial charge on any atom is 0.155 e. The molecule has 0 saturated heterocycles. The van der Waals surface area contributed by atoms with Gasteiger partial charge in [0.05, 0.1) is 0 Å². The Bertz CT molecular complexity index is 338. The molecule has 0 aliphatic rings. The van der Waals surface area contributed by atoms with Crippen molar-refractivity contribution >= 4 is 11.6 Å². The summed E-state index contributed by atoms with van der Waals surface area (Å²) in [6, 6.07) is 0. The first-order chi connectivity index (χ1) is 7.47. The molecule has 0 bridgehead atoms. The Balaban J connectivity index is 3.99. The molecule has 0 atom stereocenters. The van der Waals surface area contributed by atoms with E-state index >= 15 is 0 Å². The highest BCUT2D eigenvalue weighted by Gasteiger charge is 2.02. The van der Waals surface area contributed by atoms with Crippen LogP contribution in [0.1, 0.15) is 33.6 Å². The summed E-state index contributed by atoms with van der Waals surface area (Å²) < 4.78 is 0. The maximum absolute atomic E-state index is 11.1. The number of carbonyl (C=O) groups excluding carboxylic acids is 2. The van der Waals surface area contributed by atoms with Crippen LogP contribution in [0.15, 0.2) is 36.2 Å². The van der Waals surface area contributed by atoms with Crippen molar-refractivity contribution in [3.05, 3.63) is 36.2 Å². The molecule has 0 fully saturated rings. The van der Waals surface area contributed by atoms with Crippen LogP contribution in [0.4, 0.5) is 0 Å². The molecule has 16 heavy (non-hydrogen) atoms. The lowest BCUT2D eigenvalue weighted by molar-refractivity contribution is -0.114. The van der Waals surface area contributed by atoms with E-state index in [1.165, 1.54) is 13.0 Å². The average Bonchev–Trinajstić information content (AvgIpc) is 2.17. The molecule has 0 spiro atoms. The second-order valence-corrected chi connectivity index (χ2v) is 3.56. The normalized spacial score (nSPS) is 11.6. The Labute approximate surface area is 96.9 Å². The standard InChI is InChI=1S/C13H19NO2/c1-5-13(12(4)16)7-6-10(2)14-9-8-11(3)15/h5,8-9,14H,2,6-7H2,1,3-4H3/b9-8+,13-5+. The number of nitrogens with one attached hydrogen (secondary N) is 1. The van der Waals surface area contributed by atoms with Gasteiger partial charge in [0, 0.05) is 11.9 Å². The predicted octanol–water partition coefficient (Wildman–Crippen LogP) is 2.51. The molecule has 88 valence electrons. The van der Waals surface area contributed by atoms with Gasteiger partial charge in [0.15, 0.2) is 11.6 Å². The van der Waals surface area contributed by atoms with Crippen molar-refractivity contribution in [2.45, 2.75) is 33.6 Å². The topological polar surface area (TPSA) is 46.2 Å². The van der Waals surface area contributed by atoms with Crippen molar-refractivity contribution in [3.8, 4) is 0 Å². The van der Waals surface area contributed by atoms with Crippen molar-refractivity contribution in [3.63, 3.8) is 0 Å². The first-order valence-electron chi connectivity index (χ1n) is 5.25.